The van der Waals surface area contributed by atoms with Gasteiger partial charge in [0.2, 0.25) is 0 Å². The van der Waals surface area contributed by atoms with Gasteiger partial charge in [-0.15, -0.1) is 0 Å². The predicted octanol–water partition coefficient (Wildman–Crippen LogP) is 8.70. The molecule has 6 rings (SSSR count). The molecule has 0 bridgehead atoms. The van der Waals surface area contributed by atoms with Crippen LogP contribution in [0.3, 0.4) is 0 Å². The lowest BCUT2D eigenvalue weighted by Crippen LogP contribution is -2.14. The van der Waals surface area contributed by atoms with Crippen LogP contribution in [0.5, 0.6) is 34.5 Å². The molecule has 0 saturated heterocycles. The predicted molar refractivity (Wildman–Crippen MR) is 207 cm³/mol. The van der Waals surface area contributed by atoms with Crippen molar-refractivity contribution < 1.29 is 58.4 Å². The summed E-state index contributed by atoms with van der Waals surface area (Å²) in [6.07, 6.45) is 11.9. The van der Waals surface area contributed by atoms with Crippen LogP contribution >= 0.6 is 11.8 Å². The van der Waals surface area contributed by atoms with Gasteiger partial charge in [0, 0.05) is 15.4 Å². The van der Waals surface area contributed by atoms with E-state index in [4.69, 9.17) is 40.3 Å². The number of carboxylic acids is 2. The van der Waals surface area contributed by atoms with Crippen LogP contribution in [-0.2, 0) is 11.5 Å². The maximum atomic E-state index is 12.7. The molecule has 0 atom stereocenters. The van der Waals surface area contributed by atoms with E-state index in [0.29, 0.717) is 28.6 Å². The number of phenolic OH excluding ortho intramolecular Hbond substituents is 1. The van der Waals surface area contributed by atoms with Gasteiger partial charge < -0.3 is 39.2 Å². The lowest BCUT2D eigenvalue weighted by Gasteiger charge is -2.10. The summed E-state index contributed by atoms with van der Waals surface area (Å²) in [4.78, 5) is 48.4. The Hall–Kier alpha value is -7.84. The first kappa shape index (κ1) is 40.3. The van der Waals surface area contributed by atoms with Crippen LogP contribution < -0.4 is 23.8 Å². The molecular weight excluding hydrogens is 753 g/mol. The van der Waals surface area contributed by atoms with E-state index in [1.807, 2.05) is 18.2 Å². The number of hydrogen-bond donors (Lipinski definition) is 3. The van der Waals surface area contributed by atoms with Crippen molar-refractivity contribution in [3.05, 3.63) is 168 Å². The minimum absolute atomic E-state index is 0.0100. The third-order valence-electron chi connectivity index (χ3n) is 7.27. The smallest absolute Gasteiger partial charge is 0.344 e. The van der Waals surface area contributed by atoms with Gasteiger partial charge in [0.1, 0.15) is 41.5 Å². The van der Waals surface area contributed by atoms with Crippen molar-refractivity contribution in [3.8, 4) is 59.2 Å². The van der Waals surface area contributed by atoms with Gasteiger partial charge in [0.05, 0.1) is 16.7 Å². The number of aromatic carboxylic acids is 2. The summed E-state index contributed by atoms with van der Waals surface area (Å²) < 4.78 is 20.9. The van der Waals surface area contributed by atoms with Crippen LogP contribution in [0, 0.1) is 24.7 Å². The quantitative estimate of drug-likeness (QED) is 0.0335. The summed E-state index contributed by atoms with van der Waals surface area (Å²) in [7, 11) is 0. The van der Waals surface area contributed by atoms with Crippen molar-refractivity contribution in [3.63, 3.8) is 0 Å². The van der Waals surface area contributed by atoms with Gasteiger partial charge in [-0.05, 0) is 109 Å². The zero-order chi connectivity index (χ0) is 40.4. The molecule has 6 aromatic carbocycles. The second-order valence-electron chi connectivity index (χ2n) is 11.2. The Morgan fingerprint density at radius 3 is 1.65 bits per heavy atom. The van der Waals surface area contributed by atoms with E-state index in [1.165, 1.54) is 48.2 Å². The minimum Gasteiger partial charge on any atom is -0.508 e. The number of benzene rings is 6. The van der Waals surface area contributed by atoms with Crippen LogP contribution in [0.1, 0.15) is 36.6 Å². The Morgan fingerprint density at radius 1 is 0.561 bits per heavy atom. The highest BCUT2D eigenvalue weighted by Gasteiger charge is 2.20. The molecule has 3 N–H and O–H groups in total. The van der Waals surface area contributed by atoms with Gasteiger partial charge in [-0.2, -0.15) is 4.89 Å². The molecule has 0 fully saturated rings. The summed E-state index contributed by atoms with van der Waals surface area (Å²) in [6, 6.07) is 39.3. The molecule has 12 nitrogen and oxygen atoms in total. The average Bonchev–Trinajstić information content (AvgIpc) is 3.22. The largest absolute Gasteiger partial charge is 0.508 e. The number of terminal acetylenes is 1. The molecule has 6 aromatic rings. The minimum atomic E-state index is -1.31. The highest BCUT2D eigenvalue weighted by molar-refractivity contribution is 7.99. The second kappa shape index (κ2) is 20.6. The maximum Gasteiger partial charge on any atom is 0.344 e. The first-order valence-electron chi connectivity index (χ1n) is 16.6. The number of esters is 1. The normalized spacial score (nSPS) is 9.88. The van der Waals surface area contributed by atoms with Crippen molar-refractivity contribution in [2.75, 3.05) is 0 Å². The molecule has 0 unspecified atom stereocenters. The number of carbonyl (C=O) groups excluding carboxylic acids is 1. The molecule has 0 aromatic heterocycles. The first-order valence-corrected chi connectivity index (χ1v) is 17.4. The number of carboxylic acid groups (broad SMARTS) is 2. The number of aromatic hydroxyl groups is 1. The summed E-state index contributed by atoms with van der Waals surface area (Å²) in [5.74, 6) is -1.47. The average molecular weight is 783 g/mol. The number of carbonyl (C=O) groups is 3. The standard InChI is InChI=1S/C38H24O11S.C6H6O/c1-2-44-30-13-19-34(37(41)42)35(23-30)38(43)48-27-8-14-31(15-9-27)50-32-16-10-28(11-17-32)49-47-24-25-22-29(12-18-33(25)36(39)40)46-21-20-45-26-6-4-3-5-7-26;7-6-4-2-1-3-5-6/h1,3-19,22-23H,24H2,(H,39,40)(H,41,42);1-5,7H. The molecule has 0 aliphatic carbocycles. The second-order valence-corrected chi connectivity index (χ2v) is 12.3. The third kappa shape index (κ3) is 12.6. The molecule has 0 aliphatic heterocycles. The fourth-order valence-electron chi connectivity index (χ4n) is 4.65. The molecular formula is C44H30O12S. The van der Waals surface area contributed by atoms with E-state index in [-0.39, 0.29) is 34.8 Å². The summed E-state index contributed by atoms with van der Waals surface area (Å²) >= 11 is 1.42. The Bertz CT molecular complexity index is 2400. The number of ether oxygens (including phenoxy) is 4. The van der Waals surface area contributed by atoms with Crippen LogP contribution in [0.15, 0.2) is 155 Å². The van der Waals surface area contributed by atoms with E-state index in [0.717, 1.165) is 9.79 Å². The van der Waals surface area contributed by atoms with Gasteiger partial charge in [0.15, 0.2) is 18.0 Å². The van der Waals surface area contributed by atoms with Crippen molar-refractivity contribution in [2.45, 2.75) is 16.4 Å². The molecule has 284 valence electrons. The first-order chi connectivity index (χ1) is 27.7. The molecule has 0 saturated carbocycles. The van der Waals surface area contributed by atoms with Gasteiger partial charge >= 0.3 is 17.9 Å². The highest BCUT2D eigenvalue weighted by Crippen LogP contribution is 2.31. The fraction of sp³-hybridized carbons (Fsp3) is 0.0227. The van der Waals surface area contributed by atoms with Crippen LogP contribution in [0.25, 0.3) is 0 Å². The number of phenols is 1. The van der Waals surface area contributed by atoms with Crippen molar-refractivity contribution in [2.24, 2.45) is 0 Å². The molecule has 57 heavy (non-hydrogen) atoms. The summed E-state index contributed by atoms with van der Waals surface area (Å²) in [5, 5.41) is 27.7. The van der Waals surface area contributed by atoms with Crippen LogP contribution in [-0.4, -0.2) is 33.2 Å². The SMILES string of the molecule is C#COc1ccc(C(=O)O)c(C(=O)Oc2ccc(Sc3ccc(OOCc4cc(OC#COc5ccccc5)ccc4C(=O)O)cc3)cc2)c1.Oc1ccccc1. The van der Waals surface area contributed by atoms with E-state index in [2.05, 4.69) is 12.2 Å². The highest BCUT2D eigenvalue weighted by atomic mass is 32.2. The molecule has 0 aliphatic rings. The van der Waals surface area contributed by atoms with Crippen molar-refractivity contribution in [1.29, 1.82) is 0 Å². The van der Waals surface area contributed by atoms with Crippen molar-refractivity contribution >= 4 is 29.7 Å². The molecule has 13 heteroatoms. The lowest BCUT2D eigenvalue weighted by atomic mass is 10.1. The van der Waals surface area contributed by atoms with E-state index in [1.54, 1.807) is 97.1 Å². The zero-order valence-electron chi connectivity index (χ0n) is 29.6. The summed E-state index contributed by atoms with van der Waals surface area (Å²) in [5.41, 5.74) is -0.160. The number of para-hydroxylation sites is 2. The molecule has 0 radical (unpaired) electrons. The van der Waals surface area contributed by atoms with Crippen LogP contribution in [0.4, 0.5) is 0 Å². The lowest BCUT2D eigenvalue weighted by molar-refractivity contribution is -0.217. The monoisotopic (exact) mass is 782 g/mol. The van der Waals surface area contributed by atoms with Crippen molar-refractivity contribution in [1.82, 2.24) is 0 Å². The molecule has 0 heterocycles. The Kier molecular flexibility index (Phi) is 14.6. The van der Waals surface area contributed by atoms with Crippen LogP contribution in [0.2, 0.25) is 0 Å². The van der Waals surface area contributed by atoms with E-state index < -0.39 is 17.9 Å². The fourth-order valence-corrected chi connectivity index (χ4v) is 5.46. The van der Waals surface area contributed by atoms with E-state index >= 15 is 0 Å². The third-order valence-corrected chi connectivity index (χ3v) is 8.28. The Labute approximate surface area is 330 Å². The Balaban J connectivity index is 0.000000799. The molecule has 0 amide bonds. The number of rotatable bonds is 13. The van der Waals surface area contributed by atoms with E-state index in [9.17, 15) is 24.6 Å². The van der Waals surface area contributed by atoms with Gasteiger partial charge in [-0.3, -0.25) is 0 Å². The molecule has 0 spiro atoms. The maximum absolute atomic E-state index is 12.7. The summed E-state index contributed by atoms with van der Waals surface area (Å²) in [6.45, 7) is -0.193. The topological polar surface area (TPSA) is 167 Å². The Morgan fingerprint density at radius 2 is 1.09 bits per heavy atom. The van der Waals surface area contributed by atoms with Gasteiger partial charge in [-0.1, -0.05) is 54.6 Å². The number of hydrogen-bond acceptors (Lipinski definition) is 11. The van der Waals surface area contributed by atoms with Gasteiger partial charge in [-0.25, -0.2) is 14.4 Å². The zero-order valence-corrected chi connectivity index (χ0v) is 30.4. The van der Waals surface area contributed by atoms with Gasteiger partial charge in [0.25, 0.3) is 0 Å².